The maximum absolute atomic E-state index is 13.5. The van der Waals surface area contributed by atoms with Crippen molar-refractivity contribution < 1.29 is 14.7 Å². The van der Waals surface area contributed by atoms with E-state index in [0.29, 0.717) is 11.3 Å². The number of carbonyl (C=O) groups is 1. The van der Waals surface area contributed by atoms with E-state index in [1.165, 1.54) is 0 Å². The Kier molecular flexibility index (Phi) is 5.84. The number of rotatable bonds is 5. The van der Waals surface area contributed by atoms with E-state index in [2.05, 4.69) is 33.7 Å². The molecule has 1 N–H and O–H groups in total. The van der Waals surface area contributed by atoms with E-state index in [1.807, 2.05) is 49.4 Å². The molecule has 5 rings (SSSR count). The number of morpholine rings is 1. The van der Waals surface area contributed by atoms with Gasteiger partial charge in [-0.25, -0.2) is 0 Å². The van der Waals surface area contributed by atoms with Crippen molar-refractivity contribution >= 4 is 39.0 Å². The average molecular weight is 456 g/mol. The molecule has 0 unspecified atom stereocenters. The summed E-state index contributed by atoms with van der Waals surface area (Å²) in [6.45, 7) is 9.92. The first kappa shape index (κ1) is 22.2. The van der Waals surface area contributed by atoms with Crippen LogP contribution in [0, 0.1) is 6.92 Å². The van der Waals surface area contributed by atoms with Crippen molar-refractivity contribution in [3.05, 3.63) is 76.9 Å². The third kappa shape index (κ3) is 3.74. The van der Waals surface area contributed by atoms with Crippen molar-refractivity contribution in [2.45, 2.75) is 27.3 Å². The van der Waals surface area contributed by atoms with Crippen LogP contribution in [0.15, 0.2) is 59.8 Å². The molecule has 0 aliphatic carbocycles. The van der Waals surface area contributed by atoms with Gasteiger partial charge in [-0.1, -0.05) is 11.2 Å². The molecule has 1 aromatic heterocycles. The largest absolute Gasteiger partial charge is 0.411 e. The fourth-order valence-corrected chi connectivity index (χ4v) is 4.95. The lowest BCUT2D eigenvalue weighted by molar-refractivity contribution is 0.103. The SMILES string of the molecule is CCn1c2ccc(C(=O)c3ccc(N4CCOCC4)cc3C)cc2c2cc(C(C)=NO)ccc21. The highest BCUT2D eigenvalue weighted by molar-refractivity contribution is 6.16. The molecule has 1 aliphatic heterocycles. The molecule has 174 valence electrons. The fraction of sp³-hybridized carbons (Fsp3) is 0.286. The number of ether oxygens (including phenoxy) is 1. The summed E-state index contributed by atoms with van der Waals surface area (Å²) in [5.74, 6) is 0.0228. The zero-order chi connectivity index (χ0) is 23.8. The molecule has 4 aromatic rings. The number of oxime groups is 1. The topological polar surface area (TPSA) is 67.1 Å². The summed E-state index contributed by atoms with van der Waals surface area (Å²) in [5.41, 5.74) is 7.10. The number of nitrogens with zero attached hydrogens (tertiary/aromatic N) is 3. The number of anilines is 1. The molecule has 0 atom stereocenters. The predicted molar refractivity (Wildman–Crippen MR) is 137 cm³/mol. The second-order valence-corrected chi connectivity index (χ2v) is 8.82. The molecule has 1 fully saturated rings. The minimum Gasteiger partial charge on any atom is -0.411 e. The summed E-state index contributed by atoms with van der Waals surface area (Å²) < 4.78 is 7.70. The predicted octanol–water partition coefficient (Wildman–Crippen LogP) is 5.39. The highest BCUT2D eigenvalue weighted by atomic mass is 16.5. The minimum atomic E-state index is 0.0228. The van der Waals surface area contributed by atoms with Gasteiger partial charge in [0.05, 0.1) is 18.9 Å². The Bertz CT molecular complexity index is 1430. The van der Waals surface area contributed by atoms with Crippen molar-refractivity contribution in [1.29, 1.82) is 0 Å². The van der Waals surface area contributed by atoms with Crippen molar-refractivity contribution in [2.24, 2.45) is 5.16 Å². The second kappa shape index (κ2) is 8.95. The molecule has 2 heterocycles. The van der Waals surface area contributed by atoms with Crippen LogP contribution in [0.5, 0.6) is 0 Å². The quantitative estimate of drug-likeness (QED) is 0.190. The van der Waals surface area contributed by atoms with Gasteiger partial charge in [-0.05, 0) is 80.4 Å². The Labute approximate surface area is 199 Å². The van der Waals surface area contributed by atoms with Crippen LogP contribution in [0.1, 0.15) is 40.9 Å². The first-order chi connectivity index (χ1) is 16.5. The Morgan fingerprint density at radius 2 is 1.62 bits per heavy atom. The second-order valence-electron chi connectivity index (χ2n) is 8.82. The number of fused-ring (bicyclic) bond motifs is 3. The molecule has 0 spiro atoms. The molecule has 0 radical (unpaired) electrons. The summed E-state index contributed by atoms with van der Waals surface area (Å²) in [6.07, 6.45) is 0. The zero-order valence-electron chi connectivity index (χ0n) is 19.8. The summed E-state index contributed by atoms with van der Waals surface area (Å²) in [5, 5.41) is 14.7. The summed E-state index contributed by atoms with van der Waals surface area (Å²) in [4.78, 5) is 15.8. The Balaban J connectivity index is 1.57. The van der Waals surface area contributed by atoms with Crippen LogP contribution in [0.2, 0.25) is 0 Å². The lowest BCUT2D eigenvalue weighted by Crippen LogP contribution is -2.36. The van der Waals surface area contributed by atoms with Gasteiger partial charge in [0.1, 0.15) is 0 Å². The van der Waals surface area contributed by atoms with E-state index in [4.69, 9.17) is 4.74 Å². The normalized spacial score (nSPS) is 14.8. The first-order valence-electron chi connectivity index (χ1n) is 11.7. The molecule has 1 saturated heterocycles. The van der Waals surface area contributed by atoms with Gasteiger partial charge in [0.25, 0.3) is 0 Å². The highest BCUT2D eigenvalue weighted by Crippen LogP contribution is 2.32. The maximum Gasteiger partial charge on any atom is 0.193 e. The first-order valence-corrected chi connectivity index (χ1v) is 11.7. The van der Waals surface area contributed by atoms with Gasteiger partial charge < -0.3 is 19.4 Å². The maximum atomic E-state index is 13.5. The minimum absolute atomic E-state index is 0.0228. The molecule has 0 amide bonds. The Hall–Kier alpha value is -3.64. The van der Waals surface area contributed by atoms with Crippen molar-refractivity contribution in [3.63, 3.8) is 0 Å². The van der Waals surface area contributed by atoms with Crippen LogP contribution >= 0.6 is 0 Å². The van der Waals surface area contributed by atoms with Crippen molar-refractivity contribution in [2.75, 3.05) is 31.2 Å². The number of benzene rings is 3. The van der Waals surface area contributed by atoms with Gasteiger partial charge in [0, 0.05) is 58.3 Å². The summed E-state index contributed by atoms with van der Waals surface area (Å²) in [7, 11) is 0. The monoisotopic (exact) mass is 455 g/mol. The molecule has 3 aromatic carbocycles. The smallest absolute Gasteiger partial charge is 0.193 e. The summed E-state index contributed by atoms with van der Waals surface area (Å²) in [6, 6.07) is 18.1. The van der Waals surface area contributed by atoms with E-state index in [-0.39, 0.29) is 5.78 Å². The van der Waals surface area contributed by atoms with Crippen LogP contribution in [-0.2, 0) is 11.3 Å². The molecular weight excluding hydrogens is 426 g/mol. The third-order valence-electron chi connectivity index (χ3n) is 6.84. The van der Waals surface area contributed by atoms with Gasteiger partial charge in [-0.2, -0.15) is 0 Å². The third-order valence-corrected chi connectivity index (χ3v) is 6.84. The van der Waals surface area contributed by atoms with E-state index in [1.54, 1.807) is 6.92 Å². The van der Waals surface area contributed by atoms with Crippen LogP contribution in [0.3, 0.4) is 0 Å². The fourth-order valence-electron chi connectivity index (χ4n) is 4.95. The number of hydrogen-bond donors (Lipinski definition) is 1. The van der Waals surface area contributed by atoms with Crippen LogP contribution < -0.4 is 4.90 Å². The van der Waals surface area contributed by atoms with Gasteiger partial charge in [-0.15, -0.1) is 0 Å². The Morgan fingerprint density at radius 1 is 0.971 bits per heavy atom. The Morgan fingerprint density at radius 3 is 2.24 bits per heavy atom. The lowest BCUT2D eigenvalue weighted by atomic mass is 9.97. The van der Waals surface area contributed by atoms with Crippen molar-refractivity contribution in [3.8, 4) is 0 Å². The van der Waals surface area contributed by atoms with Gasteiger partial charge in [0.2, 0.25) is 0 Å². The zero-order valence-corrected chi connectivity index (χ0v) is 19.8. The van der Waals surface area contributed by atoms with E-state index >= 15 is 0 Å². The van der Waals surface area contributed by atoms with Gasteiger partial charge in [-0.3, -0.25) is 4.79 Å². The number of aromatic nitrogens is 1. The highest BCUT2D eigenvalue weighted by Gasteiger charge is 2.18. The molecule has 0 bridgehead atoms. The molecule has 34 heavy (non-hydrogen) atoms. The van der Waals surface area contributed by atoms with E-state index in [0.717, 1.165) is 77.0 Å². The van der Waals surface area contributed by atoms with Gasteiger partial charge >= 0.3 is 0 Å². The van der Waals surface area contributed by atoms with E-state index in [9.17, 15) is 10.0 Å². The number of ketones is 1. The number of aryl methyl sites for hydroxylation is 2. The summed E-state index contributed by atoms with van der Waals surface area (Å²) >= 11 is 0. The standard InChI is InChI=1S/C28H29N3O3/c1-4-31-26-9-5-20(19(3)29-33)16-24(26)25-17-21(6-10-27(25)31)28(32)23-8-7-22(15-18(23)2)30-11-13-34-14-12-30/h5-10,15-17,33H,4,11-14H2,1-3H3. The van der Waals surface area contributed by atoms with Crippen molar-refractivity contribution in [1.82, 2.24) is 4.57 Å². The molecule has 6 nitrogen and oxygen atoms in total. The average Bonchev–Trinajstić information content (AvgIpc) is 3.20. The van der Waals surface area contributed by atoms with Crippen LogP contribution in [0.25, 0.3) is 21.8 Å². The van der Waals surface area contributed by atoms with Gasteiger partial charge in [0.15, 0.2) is 5.78 Å². The van der Waals surface area contributed by atoms with Crippen LogP contribution in [-0.4, -0.2) is 47.6 Å². The lowest BCUT2D eigenvalue weighted by Gasteiger charge is -2.29. The number of hydrogen-bond acceptors (Lipinski definition) is 5. The molecule has 0 saturated carbocycles. The molecule has 1 aliphatic rings. The van der Waals surface area contributed by atoms with Crippen LogP contribution in [0.4, 0.5) is 5.69 Å². The number of carbonyl (C=O) groups excluding carboxylic acids is 1. The van der Waals surface area contributed by atoms with E-state index < -0.39 is 0 Å². The molecule has 6 heteroatoms. The molecular formula is C28H29N3O3.